The summed E-state index contributed by atoms with van der Waals surface area (Å²) in [5.41, 5.74) is 1.94. The summed E-state index contributed by atoms with van der Waals surface area (Å²) in [4.78, 5) is 34.2. The van der Waals surface area contributed by atoms with Crippen molar-refractivity contribution in [2.75, 3.05) is 28.3 Å². The normalized spacial score (nSPS) is 17.9. The monoisotopic (exact) mass is 494 g/mol. The molecule has 172 valence electrons. The van der Waals surface area contributed by atoms with Crippen molar-refractivity contribution in [2.45, 2.75) is 12.5 Å². The van der Waals surface area contributed by atoms with Crippen molar-refractivity contribution in [3.63, 3.8) is 0 Å². The Bertz CT molecular complexity index is 1270. The highest BCUT2D eigenvalue weighted by atomic mass is 35.5. The van der Waals surface area contributed by atoms with Crippen LogP contribution in [0.5, 0.6) is 0 Å². The molecule has 2 fully saturated rings. The van der Waals surface area contributed by atoms with Crippen LogP contribution in [0.15, 0.2) is 77.8 Å². The lowest BCUT2D eigenvalue weighted by Gasteiger charge is -2.43. The van der Waals surface area contributed by atoms with E-state index < -0.39 is 11.6 Å². The summed E-state index contributed by atoms with van der Waals surface area (Å²) >= 11 is 12.0. The van der Waals surface area contributed by atoms with Gasteiger partial charge in [0.1, 0.15) is 0 Å². The van der Waals surface area contributed by atoms with Crippen molar-refractivity contribution in [3.05, 3.63) is 88.4 Å². The number of ether oxygens (including phenoxy) is 1. The van der Waals surface area contributed by atoms with Crippen molar-refractivity contribution in [1.82, 2.24) is 0 Å². The van der Waals surface area contributed by atoms with Gasteiger partial charge in [-0.15, -0.1) is 0 Å². The van der Waals surface area contributed by atoms with Crippen molar-refractivity contribution in [2.24, 2.45) is 4.99 Å². The molecule has 1 spiro atoms. The number of amidine groups is 1. The predicted molar refractivity (Wildman–Crippen MR) is 134 cm³/mol. The zero-order chi connectivity index (χ0) is 23.9. The highest BCUT2D eigenvalue weighted by Crippen LogP contribution is 2.41. The first-order valence-electron chi connectivity index (χ1n) is 10.6. The minimum atomic E-state index is -0.913. The number of nitrogens with zero attached hydrogens (tertiary/aromatic N) is 3. The molecule has 7 nitrogen and oxygen atoms in total. The van der Waals surface area contributed by atoms with Crippen LogP contribution >= 0.6 is 23.2 Å². The number of halogens is 2. The van der Waals surface area contributed by atoms with E-state index in [0.717, 1.165) is 5.56 Å². The molecule has 3 aromatic carbocycles. The van der Waals surface area contributed by atoms with Crippen LogP contribution < -0.4 is 15.1 Å². The molecule has 0 aromatic heterocycles. The molecule has 2 aliphatic heterocycles. The van der Waals surface area contributed by atoms with Gasteiger partial charge in [0.05, 0.1) is 18.9 Å². The minimum Gasteiger partial charge on any atom is -0.375 e. The van der Waals surface area contributed by atoms with E-state index in [0.29, 0.717) is 27.1 Å². The van der Waals surface area contributed by atoms with E-state index in [1.807, 2.05) is 31.2 Å². The average Bonchev–Trinajstić information content (AvgIpc) is 3.05. The molecular formula is C25H20Cl2N4O3. The zero-order valence-electron chi connectivity index (χ0n) is 18.2. The van der Waals surface area contributed by atoms with E-state index in [9.17, 15) is 9.59 Å². The molecule has 1 N–H and O–H groups in total. The number of urea groups is 2. The zero-order valence-corrected chi connectivity index (χ0v) is 19.7. The molecule has 2 heterocycles. The molecule has 4 amide bonds. The summed E-state index contributed by atoms with van der Waals surface area (Å²) < 4.78 is 5.56. The quantitative estimate of drug-likeness (QED) is 0.474. The number of anilines is 3. The van der Waals surface area contributed by atoms with Crippen LogP contribution in [0.3, 0.4) is 0 Å². The van der Waals surface area contributed by atoms with E-state index in [4.69, 9.17) is 27.9 Å². The maximum absolute atomic E-state index is 13.8. The third-order valence-electron chi connectivity index (χ3n) is 5.80. The molecular weight excluding hydrogens is 475 g/mol. The van der Waals surface area contributed by atoms with Gasteiger partial charge in [0.2, 0.25) is 0 Å². The molecule has 0 radical (unpaired) electrons. The Kier molecular flexibility index (Phi) is 5.77. The summed E-state index contributed by atoms with van der Waals surface area (Å²) in [6, 6.07) is 20.2. The van der Waals surface area contributed by atoms with E-state index in [1.165, 1.54) is 4.90 Å². The average molecular weight is 495 g/mol. The summed E-state index contributed by atoms with van der Waals surface area (Å²) in [7, 11) is 0. The number of carbonyl (C=O) groups excluding carboxylic acids is 2. The number of aryl methyl sites for hydroxylation is 1. The SMILES string of the molecule is Cc1ccc(N2C(=O)N(c3ccc(Cl)cc3)/C(=N\C(=O)Nc3ccc(Cl)cc3)C23COC3)cc1. The Morgan fingerprint density at radius 3 is 2.03 bits per heavy atom. The second-order valence-corrected chi connectivity index (χ2v) is 9.04. The van der Waals surface area contributed by atoms with Crippen LogP contribution in [0.25, 0.3) is 0 Å². The van der Waals surface area contributed by atoms with Gasteiger partial charge < -0.3 is 10.1 Å². The Balaban J connectivity index is 1.59. The fraction of sp³-hybridized carbons (Fsp3) is 0.160. The van der Waals surface area contributed by atoms with E-state index in [-0.39, 0.29) is 25.1 Å². The third kappa shape index (κ3) is 3.92. The second kappa shape index (κ2) is 8.76. The molecule has 5 rings (SSSR count). The fourth-order valence-corrected chi connectivity index (χ4v) is 4.30. The number of amides is 4. The number of benzene rings is 3. The van der Waals surface area contributed by atoms with Crippen LogP contribution in [0.1, 0.15) is 5.56 Å². The predicted octanol–water partition coefficient (Wildman–Crippen LogP) is 6.15. The smallest absolute Gasteiger partial charge is 0.347 e. The number of nitrogens with one attached hydrogen (secondary N) is 1. The van der Waals surface area contributed by atoms with Gasteiger partial charge in [-0.3, -0.25) is 4.90 Å². The van der Waals surface area contributed by atoms with Crippen LogP contribution in [-0.4, -0.2) is 36.7 Å². The van der Waals surface area contributed by atoms with Crippen LogP contribution in [0.2, 0.25) is 10.0 Å². The van der Waals surface area contributed by atoms with Crippen LogP contribution in [0.4, 0.5) is 26.7 Å². The third-order valence-corrected chi connectivity index (χ3v) is 6.30. The molecule has 0 saturated carbocycles. The molecule has 3 aromatic rings. The van der Waals surface area contributed by atoms with Crippen molar-refractivity contribution in [1.29, 1.82) is 0 Å². The number of aliphatic imine (C=N–C) groups is 1. The molecule has 0 aliphatic carbocycles. The largest absolute Gasteiger partial charge is 0.375 e. The number of hydrogen-bond acceptors (Lipinski definition) is 3. The summed E-state index contributed by atoms with van der Waals surface area (Å²) in [5.74, 6) is 0.290. The number of carbonyl (C=O) groups is 2. The Morgan fingerprint density at radius 1 is 0.912 bits per heavy atom. The van der Waals surface area contributed by atoms with Gasteiger partial charge >= 0.3 is 12.1 Å². The van der Waals surface area contributed by atoms with E-state index >= 15 is 0 Å². The van der Waals surface area contributed by atoms with Gasteiger partial charge in [0.15, 0.2) is 11.4 Å². The van der Waals surface area contributed by atoms with Crippen molar-refractivity contribution in [3.8, 4) is 0 Å². The van der Waals surface area contributed by atoms with E-state index in [1.54, 1.807) is 53.4 Å². The molecule has 0 atom stereocenters. The van der Waals surface area contributed by atoms with Gasteiger partial charge in [0.25, 0.3) is 0 Å². The van der Waals surface area contributed by atoms with Gasteiger partial charge in [-0.25, -0.2) is 14.5 Å². The molecule has 9 heteroatoms. The first-order chi connectivity index (χ1) is 16.4. The molecule has 0 bridgehead atoms. The second-order valence-electron chi connectivity index (χ2n) is 8.16. The summed E-state index contributed by atoms with van der Waals surface area (Å²) in [5, 5.41) is 3.82. The number of hydrogen-bond donors (Lipinski definition) is 1. The first-order valence-corrected chi connectivity index (χ1v) is 11.3. The maximum Gasteiger partial charge on any atom is 0.347 e. The Morgan fingerprint density at radius 2 is 1.47 bits per heavy atom. The first kappa shape index (κ1) is 22.4. The van der Waals surface area contributed by atoms with Gasteiger partial charge in [-0.2, -0.15) is 4.99 Å². The highest BCUT2D eigenvalue weighted by molar-refractivity contribution is 6.35. The van der Waals surface area contributed by atoms with E-state index in [2.05, 4.69) is 10.3 Å². The number of rotatable bonds is 3. The van der Waals surface area contributed by atoms with Gasteiger partial charge in [-0.05, 0) is 67.6 Å². The molecule has 2 saturated heterocycles. The summed E-state index contributed by atoms with van der Waals surface area (Å²) in [6.07, 6.45) is 0. The highest BCUT2D eigenvalue weighted by Gasteiger charge is 2.61. The topological polar surface area (TPSA) is 74.2 Å². The molecule has 0 unspecified atom stereocenters. The Labute approximate surface area is 206 Å². The fourth-order valence-electron chi connectivity index (χ4n) is 4.04. The lowest BCUT2D eigenvalue weighted by molar-refractivity contribution is -0.0152. The van der Waals surface area contributed by atoms with Crippen molar-refractivity contribution >= 4 is 58.2 Å². The minimum absolute atomic E-state index is 0.212. The van der Waals surface area contributed by atoms with Crippen LogP contribution in [0, 0.1) is 6.92 Å². The molecule has 2 aliphatic rings. The maximum atomic E-state index is 13.8. The standard InChI is InChI=1S/C25H20Cl2N4O3/c1-16-2-10-21(11-3-16)31-24(33)30(20-12-6-18(27)7-13-20)22(25(31)14-34-15-25)29-23(32)28-19-8-4-17(26)5-9-19/h2-13H,14-15H2,1H3,(H,28,32)/b29-22-. The van der Waals surface area contributed by atoms with Crippen molar-refractivity contribution < 1.29 is 14.3 Å². The lowest BCUT2D eigenvalue weighted by atomic mass is 9.94. The summed E-state index contributed by atoms with van der Waals surface area (Å²) in [6.45, 7) is 2.40. The van der Waals surface area contributed by atoms with Gasteiger partial charge in [0, 0.05) is 21.4 Å². The molecule has 34 heavy (non-hydrogen) atoms. The van der Waals surface area contributed by atoms with Crippen LogP contribution in [-0.2, 0) is 4.74 Å². The van der Waals surface area contributed by atoms with Gasteiger partial charge in [-0.1, -0.05) is 40.9 Å². The Hall–Kier alpha value is -3.39. The lowest BCUT2D eigenvalue weighted by Crippen LogP contribution is -2.64.